The monoisotopic (exact) mass is 908 g/mol. The molecule has 13 heteroatoms. The van der Waals surface area contributed by atoms with Gasteiger partial charge in [-0.2, -0.15) is 0 Å². The van der Waals surface area contributed by atoms with Crippen LogP contribution in [0.3, 0.4) is 0 Å². The van der Waals surface area contributed by atoms with Crippen molar-refractivity contribution in [3.63, 3.8) is 0 Å². The summed E-state index contributed by atoms with van der Waals surface area (Å²) in [5, 5.41) is 24.6. The zero-order valence-electron chi connectivity index (χ0n) is 37.3. The van der Waals surface area contributed by atoms with E-state index in [-0.39, 0.29) is 63.8 Å². The van der Waals surface area contributed by atoms with Crippen molar-refractivity contribution in [2.24, 2.45) is 22.9 Å². The number of thioether (sulfide) groups is 1. The van der Waals surface area contributed by atoms with Gasteiger partial charge in [0.15, 0.2) is 0 Å². The maximum Gasteiger partial charge on any atom is 0.410 e. The Morgan fingerprint density at radius 3 is 2.38 bits per heavy atom. The Hall–Kier alpha value is -5.18. The summed E-state index contributed by atoms with van der Waals surface area (Å²) in [6.07, 6.45) is 10.00. The quantitative estimate of drug-likeness (QED) is 0.0321. The second kappa shape index (κ2) is 23.3. The van der Waals surface area contributed by atoms with Crippen LogP contribution < -0.4 is 9.47 Å². The fourth-order valence-electron chi connectivity index (χ4n) is 9.73. The lowest BCUT2D eigenvalue weighted by atomic mass is 9.55. The minimum absolute atomic E-state index is 0.0151. The molecule has 1 amide bonds. The third-order valence-electron chi connectivity index (χ3n) is 12.6. The molecule has 2 N–H and O–H groups in total. The highest BCUT2D eigenvalue weighted by Crippen LogP contribution is 2.62. The lowest BCUT2D eigenvalue weighted by Crippen LogP contribution is -2.70. The molecule has 1 heterocycles. The van der Waals surface area contributed by atoms with Crippen LogP contribution >= 0.6 is 11.8 Å². The molecule has 4 aromatic carbocycles. The Morgan fingerprint density at radius 2 is 1.68 bits per heavy atom. The Morgan fingerprint density at radius 1 is 0.938 bits per heavy atom. The number of carbonyl (C=O) groups excluding carboxylic acids is 1. The molecule has 0 aromatic heterocycles. The first-order chi connectivity index (χ1) is 31.8. The van der Waals surface area contributed by atoms with Gasteiger partial charge in [0, 0.05) is 42.6 Å². The fraction of sp³-hybridized carbons (Fsp3) is 0.423. The van der Waals surface area contributed by atoms with Crippen molar-refractivity contribution in [3.8, 4) is 17.2 Å². The molecule has 0 spiro atoms. The number of hydrogen-bond donors (Lipinski definition) is 2. The number of aliphatic hydroxyl groups is 2. The van der Waals surface area contributed by atoms with Gasteiger partial charge in [-0.15, -0.1) is 18.3 Å². The molecular weight excluding hydrogens is 848 g/mol. The maximum absolute atomic E-state index is 14.8. The van der Waals surface area contributed by atoms with Crippen LogP contribution in [0, 0.1) is 23.6 Å². The van der Waals surface area contributed by atoms with Gasteiger partial charge in [0.2, 0.25) is 5.79 Å². The van der Waals surface area contributed by atoms with E-state index < -0.39 is 29.7 Å². The molecule has 1 aliphatic heterocycles. The van der Waals surface area contributed by atoms with E-state index >= 15 is 0 Å². The van der Waals surface area contributed by atoms with Gasteiger partial charge in [-0.3, -0.25) is 4.90 Å². The van der Waals surface area contributed by atoms with Crippen molar-refractivity contribution in [1.82, 2.24) is 4.90 Å². The van der Waals surface area contributed by atoms with E-state index in [0.717, 1.165) is 47.3 Å². The summed E-state index contributed by atoms with van der Waals surface area (Å²) in [6.45, 7) is 4.81. The smallest absolute Gasteiger partial charge is 0.410 e. The van der Waals surface area contributed by atoms with Crippen molar-refractivity contribution in [2.75, 3.05) is 46.4 Å². The van der Waals surface area contributed by atoms with Crippen LogP contribution in [-0.2, 0) is 32.2 Å². The number of halogens is 1. The number of amides is 1. The molecule has 6 atom stereocenters. The molecule has 0 saturated heterocycles. The standard InChI is InChI=1S/C52H61FN2O9S/c1-4-28-62-52-48(55(34-36-16-18-39(53)19-17-36)51(58)61-30-29-60-35-37-12-6-5-7-13-37)33-46(54-59-2)44-31-38(14-8-10-26-56)43(15-9-11-27-57)49(50(44)52)45-32-41(22-25-47(45)64-52)63-40-20-23-42(65-3)24-21-40/h4-7,12-13,16-25,31-32,38,43,48-50,56-57H,1,8-11,14-15,26-30,33-35H2,2-3H3. The molecule has 346 valence electrons. The molecule has 7 rings (SSSR count). The number of benzene rings is 4. The number of hydrogen-bond acceptors (Lipinski definition) is 11. The third-order valence-corrected chi connectivity index (χ3v) is 13.3. The van der Waals surface area contributed by atoms with Crippen LogP contribution in [-0.4, -0.2) is 85.1 Å². The van der Waals surface area contributed by atoms with Gasteiger partial charge in [-0.1, -0.05) is 72.6 Å². The van der Waals surface area contributed by atoms with E-state index in [2.05, 4.69) is 23.9 Å². The van der Waals surface area contributed by atoms with Gasteiger partial charge in [-0.25, -0.2) is 9.18 Å². The predicted molar refractivity (Wildman–Crippen MR) is 250 cm³/mol. The van der Waals surface area contributed by atoms with E-state index in [1.165, 1.54) is 19.2 Å². The molecule has 11 nitrogen and oxygen atoms in total. The summed E-state index contributed by atoms with van der Waals surface area (Å²) >= 11 is 1.66. The average Bonchev–Trinajstić information content (AvgIpc) is 3.32. The molecule has 2 aliphatic carbocycles. The number of nitrogens with zero attached hydrogens (tertiary/aromatic N) is 2. The number of rotatable bonds is 23. The van der Waals surface area contributed by atoms with Gasteiger partial charge in [0.05, 0.1) is 31.5 Å². The van der Waals surface area contributed by atoms with Crippen LogP contribution in [0.5, 0.6) is 17.2 Å². The lowest BCUT2D eigenvalue weighted by Gasteiger charge is -2.59. The molecule has 3 aliphatic rings. The molecule has 4 aromatic rings. The highest BCUT2D eigenvalue weighted by atomic mass is 32.2. The van der Waals surface area contributed by atoms with E-state index in [4.69, 9.17) is 28.5 Å². The Balaban J connectivity index is 1.36. The SMILES string of the molecule is C=CCOC12Oc3ccc(Oc4ccc(SC)cc4)cc3C3C(CCCCO)C(CCCCO)C=C(C(=NOC)CC1N(Cc1ccc(F)cc1)C(=O)OCCOCc1ccccc1)C32. The zero-order chi connectivity index (χ0) is 45.6. The number of carbonyl (C=O) groups is 1. The summed E-state index contributed by atoms with van der Waals surface area (Å²) in [5.41, 5.74) is 4.14. The minimum atomic E-state index is -1.52. The van der Waals surface area contributed by atoms with Crippen molar-refractivity contribution < 1.29 is 47.9 Å². The summed E-state index contributed by atoms with van der Waals surface area (Å²) in [7, 11) is 1.51. The number of aliphatic hydroxyl groups excluding tert-OH is 2. The molecule has 0 radical (unpaired) electrons. The molecule has 1 fully saturated rings. The van der Waals surface area contributed by atoms with Crippen LogP contribution in [0.4, 0.5) is 9.18 Å². The Kier molecular flexibility index (Phi) is 17.1. The second-order valence-corrected chi connectivity index (χ2v) is 17.5. The van der Waals surface area contributed by atoms with Gasteiger partial charge >= 0.3 is 6.09 Å². The van der Waals surface area contributed by atoms with Gasteiger partial charge in [-0.05, 0) is 115 Å². The van der Waals surface area contributed by atoms with Gasteiger partial charge in [0.25, 0.3) is 0 Å². The number of unbranched alkanes of at least 4 members (excludes halogenated alkanes) is 2. The van der Waals surface area contributed by atoms with Crippen molar-refractivity contribution >= 4 is 23.6 Å². The Bertz CT molecular complexity index is 2220. The van der Waals surface area contributed by atoms with E-state index in [1.54, 1.807) is 34.9 Å². The number of fused-ring (bicyclic) bond motifs is 2. The minimum Gasteiger partial charge on any atom is -0.459 e. The summed E-state index contributed by atoms with van der Waals surface area (Å²) in [5.74, 6) is -0.725. The highest BCUT2D eigenvalue weighted by Gasteiger charge is 2.65. The van der Waals surface area contributed by atoms with E-state index in [0.29, 0.717) is 48.0 Å². The number of ether oxygens (including phenoxy) is 5. The summed E-state index contributed by atoms with van der Waals surface area (Å²) in [6, 6.07) is 28.8. The third kappa shape index (κ3) is 11.4. The van der Waals surface area contributed by atoms with Gasteiger partial charge in [0.1, 0.15) is 42.8 Å². The first kappa shape index (κ1) is 47.8. The second-order valence-electron chi connectivity index (χ2n) is 16.6. The highest BCUT2D eigenvalue weighted by molar-refractivity contribution is 7.98. The van der Waals surface area contributed by atoms with Crippen LogP contribution in [0.2, 0.25) is 0 Å². The van der Waals surface area contributed by atoms with Crippen LogP contribution in [0.15, 0.2) is 131 Å². The summed E-state index contributed by atoms with van der Waals surface area (Å²) < 4.78 is 47.2. The molecule has 0 bridgehead atoms. The topological polar surface area (TPSA) is 129 Å². The van der Waals surface area contributed by atoms with Gasteiger partial charge < -0.3 is 38.7 Å². The first-order valence-corrected chi connectivity index (χ1v) is 23.8. The fourth-order valence-corrected chi connectivity index (χ4v) is 10.1. The van der Waals surface area contributed by atoms with Crippen molar-refractivity contribution in [1.29, 1.82) is 0 Å². The molecule has 1 saturated carbocycles. The number of oxime groups is 1. The molecule has 65 heavy (non-hydrogen) atoms. The Labute approximate surface area is 386 Å². The van der Waals surface area contributed by atoms with Crippen LogP contribution in [0.1, 0.15) is 67.6 Å². The molecular formula is C52H61FN2O9S. The van der Waals surface area contributed by atoms with Crippen molar-refractivity contribution in [2.45, 2.75) is 80.7 Å². The van der Waals surface area contributed by atoms with Crippen molar-refractivity contribution in [3.05, 3.63) is 144 Å². The normalized spacial score (nSPS) is 22.5. The maximum atomic E-state index is 14.8. The first-order valence-electron chi connectivity index (χ1n) is 22.5. The largest absolute Gasteiger partial charge is 0.459 e. The van der Waals surface area contributed by atoms with E-state index in [1.807, 2.05) is 73.0 Å². The molecule has 6 unspecified atom stereocenters. The lowest BCUT2D eigenvalue weighted by molar-refractivity contribution is -0.256. The van der Waals surface area contributed by atoms with E-state index in [9.17, 15) is 19.4 Å². The zero-order valence-corrected chi connectivity index (χ0v) is 38.1. The average molecular weight is 909 g/mol. The summed E-state index contributed by atoms with van der Waals surface area (Å²) in [4.78, 5) is 23.1. The predicted octanol–water partition coefficient (Wildman–Crippen LogP) is 10.5. The number of allylic oxidation sites excluding steroid dienone is 1. The van der Waals surface area contributed by atoms with Crippen LogP contribution in [0.25, 0.3) is 0 Å².